The van der Waals surface area contributed by atoms with Gasteiger partial charge in [-0.25, -0.2) is 0 Å². The number of esters is 4. The van der Waals surface area contributed by atoms with Crippen LogP contribution in [0.3, 0.4) is 0 Å². The highest BCUT2D eigenvalue weighted by atomic mass is 16.7. The van der Waals surface area contributed by atoms with E-state index in [2.05, 4.69) is 5.92 Å². The molecule has 0 aromatic carbocycles. The summed E-state index contributed by atoms with van der Waals surface area (Å²) < 4.78 is 26.8. The largest absolute Gasteiger partial charge is 0.456 e. The molecule has 0 aromatic heterocycles. The number of quaternary nitrogens is 1. The zero-order valence-electron chi connectivity index (χ0n) is 18.0. The maximum atomic E-state index is 12.3. The van der Waals surface area contributed by atoms with E-state index in [4.69, 9.17) is 30.1 Å². The van der Waals surface area contributed by atoms with Gasteiger partial charge in [0.15, 0.2) is 12.2 Å². The van der Waals surface area contributed by atoms with Crippen molar-refractivity contribution in [2.45, 2.75) is 58.2 Å². The van der Waals surface area contributed by atoms with Gasteiger partial charge >= 0.3 is 23.9 Å². The zero-order valence-corrected chi connectivity index (χ0v) is 18.0. The van der Waals surface area contributed by atoms with Crippen molar-refractivity contribution in [1.82, 2.24) is 0 Å². The van der Waals surface area contributed by atoms with Crippen LogP contribution in [0.4, 0.5) is 0 Å². The molecule has 0 bridgehead atoms. The SMILES string of the molecule is C#CC[N+](C)(C)CCCC(=O)O[C@H]1OC[C@H](OC(C)=O)[C@H](OC(C)=O)[C@H]1OC(C)=O. The molecule has 1 aliphatic rings. The number of carbonyl (C=O) groups is 4. The van der Waals surface area contributed by atoms with E-state index < -0.39 is 48.5 Å². The molecule has 1 fully saturated rings. The van der Waals surface area contributed by atoms with E-state index in [0.29, 0.717) is 24.0 Å². The molecule has 0 N–H and O–H groups in total. The van der Waals surface area contributed by atoms with Crippen LogP contribution in [0.5, 0.6) is 0 Å². The summed E-state index contributed by atoms with van der Waals surface area (Å²) in [5, 5.41) is 0. The molecule has 10 nitrogen and oxygen atoms in total. The molecular weight excluding hydrogens is 398 g/mol. The van der Waals surface area contributed by atoms with Gasteiger partial charge < -0.3 is 28.2 Å². The van der Waals surface area contributed by atoms with E-state index in [1.54, 1.807) is 0 Å². The fourth-order valence-electron chi connectivity index (χ4n) is 2.98. The molecule has 1 saturated heterocycles. The summed E-state index contributed by atoms with van der Waals surface area (Å²) in [6.45, 7) is 4.45. The van der Waals surface area contributed by atoms with Gasteiger partial charge in [0.25, 0.3) is 0 Å². The summed E-state index contributed by atoms with van der Waals surface area (Å²) in [5.74, 6) is -0.0231. The highest BCUT2D eigenvalue weighted by molar-refractivity contribution is 5.70. The molecule has 0 unspecified atom stereocenters. The Morgan fingerprint density at radius 3 is 2.07 bits per heavy atom. The number of rotatable bonds is 9. The van der Waals surface area contributed by atoms with Crippen LogP contribution < -0.4 is 0 Å². The van der Waals surface area contributed by atoms with Crippen molar-refractivity contribution in [2.75, 3.05) is 33.8 Å². The predicted octanol–water partition coefficient (Wildman–Crippen LogP) is 0.171. The third kappa shape index (κ3) is 8.80. The zero-order chi connectivity index (χ0) is 22.9. The van der Waals surface area contributed by atoms with E-state index in [1.807, 2.05) is 14.1 Å². The van der Waals surface area contributed by atoms with E-state index in [-0.39, 0.29) is 13.0 Å². The molecule has 0 saturated carbocycles. The highest BCUT2D eigenvalue weighted by Gasteiger charge is 2.48. The van der Waals surface area contributed by atoms with Gasteiger partial charge in [0.1, 0.15) is 6.54 Å². The molecule has 0 amide bonds. The van der Waals surface area contributed by atoms with Gasteiger partial charge in [-0.3, -0.25) is 19.2 Å². The number of terminal acetylenes is 1. The Hall–Kier alpha value is -2.64. The van der Waals surface area contributed by atoms with Gasteiger partial charge in [0.05, 0.1) is 33.7 Å². The molecule has 10 heteroatoms. The topological polar surface area (TPSA) is 114 Å². The Labute approximate surface area is 176 Å². The minimum atomic E-state index is -1.31. The summed E-state index contributed by atoms with van der Waals surface area (Å²) in [7, 11) is 3.90. The van der Waals surface area contributed by atoms with Gasteiger partial charge in [-0.1, -0.05) is 0 Å². The third-order valence-corrected chi connectivity index (χ3v) is 4.22. The molecule has 0 aliphatic carbocycles. The first-order chi connectivity index (χ1) is 13.9. The predicted molar refractivity (Wildman–Crippen MR) is 102 cm³/mol. The first kappa shape index (κ1) is 25.4. The maximum absolute atomic E-state index is 12.3. The number of nitrogens with zero attached hydrogens (tertiary/aromatic N) is 1. The van der Waals surface area contributed by atoms with Crippen LogP contribution in [-0.2, 0) is 42.9 Å². The van der Waals surface area contributed by atoms with Crippen molar-refractivity contribution >= 4 is 23.9 Å². The highest BCUT2D eigenvalue weighted by Crippen LogP contribution is 2.25. The first-order valence-corrected chi connectivity index (χ1v) is 9.53. The van der Waals surface area contributed by atoms with Gasteiger partial charge in [0, 0.05) is 27.2 Å². The summed E-state index contributed by atoms with van der Waals surface area (Å²) >= 11 is 0. The second kappa shape index (κ2) is 11.5. The standard InChI is InChI=1S/C20H30NO9/c1-7-10-21(5,6)11-8-9-17(25)30-20-19(29-15(4)24)18(28-14(3)23)16(12-26-20)27-13(2)22/h1,16,18-20H,8-12H2,2-6H3/q+1/t16-,18-,19+,20+/m0/s1. The third-order valence-electron chi connectivity index (χ3n) is 4.22. The monoisotopic (exact) mass is 428 g/mol. The van der Waals surface area contributed by atoms with Gasteiger partial charge in [-0.05, 0) is 5.92 Å². The Balaban J connectivity index is 2.84. The second-order valence-corrected chi connectivity index (χ2v) is 7.61. The van der Waals surface area contributed by atoms with Crippen molar-refractivity contribution in [3.05, 3.63) is 0 Å². The fraction of sp³-hybridized carbons (Fsp3) is 0.700. The lowest BCUT2D eigenvalue weighted by molar-refractivity contribution is -0.883. The van der Waals surface area contributed by atoms with Crippen LogP contribution in [0.2, 0.25) is 0 Å². The molecule has 4 atom stereocenters. The first-order valence-electron chi connectivity index (χ1n) is 9.53. The number of hydrogen-bond acceptors (Lipinski definition) is 9. The molecule has 168 valence electrons. The van der Waals surface area contributed by atoms with Crippen LogP contribution in [0, 0.1) is 12.3 Å². The van der Waals surface area contributed by atoms with Crippen molar-refractivity contribution in [3.8, 4) is 12.3 Å². The quantitative estimate of drug-likeness (QED) is 0.219. The Kier molecular flexibility index (Phi) is 9.75. The minimum absolute atomic E-state index is 0.0878. The molecule has 1 aliphatic heterocycles. The minimum Gasteiger partial charge on any atom is -0.456 e. The van der Waals surface area contributed by atoms with E-state index in [9.17, 15) is 19.2 Å². The van der Waals surface area contributed by atoms with Gasteiger partial charge in [0.2, 0.25) is 12.4 Å². The van der Waals surface area contributed by atoms with Crippen LogP contribution in [0.25, 0.3) is 0 Å². The normalized spacial score (nSPS) is 23.6. The fourth-order valence-corrected chi connectivity index (χ4v) is 2.98. The van der Waals surface area contributed by atoms with Crippen molar-refractivity contribution in [2.24, 2.45) is 0 Å². The number of carbonyl (C=O) groups excluding carboxylic acids is 4. The van der Waals surface area contributed by atoms with E-state index in [0.717, 1.165) is 13.8 Å². The summed E-state index contributed by atoms with van der Waals surface area (Å²) in [6, 6.07) is 0. The Morgan fingerprint density at radius 2 is 1.53 bits per heavy atom. The van der Waals surface area contributed by atoms with Gasteiger partial charge in [-0.15, -0.1) is 6.42 Å². The number of ether oxygens (including phenoxy) is 5. The lowest BCUT2D eigenvalue weighted by Crippen LogP contribution is -2.58. The van der Waals surface area contributed by atoms with Crippen molar-refractivity contribution < 1.29 is 47.3 Å². The Bertz CT molecular complexity index is 682. The second-order valence-electron chi connectivity index (χ2n) is 7.61. The molecule has 0 spiro atoms. The average molecular weight is 428 g/mol. The smallest absolute Gasteiger partial charge is 0.308 e. The summed E-state index contributed by atoms with van der Waals surface area (Å²) in [5.41, 5.74) is 0. The van der Waals surface area contributed by atoms with Crippen LogP contribution in [0.15, 0.2) is 0 Å². The summed E-state index contributed by atoms with van der Waals surface area (Å²) in [6.07, 6.45) is 1.12. The van der Waals surface area contributed by atoms with Gasteiger partial charge in [-0.2, -0.15) is 0 Å². The molecule has 0 radical (unpaired) electrons. The van der Waals surface area contributed by atoms with Crippen molar-refractivity contribution in [1.29, 1.82) is 0 Å². The Morgan fingerprint density at radius 1 is 0.967 bits per heavy atom. The summed E-state index contributed by atoms with van der Waals surface area (Å²) in [4.78, 5) is 46.7. The maximum Gasteiger partial charge on any atom is 0.308 e. The average Bonchev–Trinajstić information content (AvgIpc) is 2.58. The number of hydrogen-bond donors (Lipinski definition) is 0. The lowest BCUT2D eigenvalue weighted by atomic mass is 10.0. The molecule has 0 aromatic rings. The van der Waals surface area contributed by atoms with Crippen LogP contribution in [-0.4, -0.2) is 86.8 Å². The van der Waals surface area contributed by atoms with Crippen LogP contribution in [0.1, 0.15) is 33.6 Å². The molecule has 1 heterocycles. The van der Waals surface area contributed by atoms with Crippen molar-refractivity contribution in [3.63, 3.8) is 0 Å². The molecule has 1 rings (SSSR count). The van der Waals surface area contributed by atoms with E-state index in [1.165, 1.54) is 6.92 Å². The van der Waals surface area contributed by atoms with Crippen LogP contribution >= 0.6 is 0 Å². The van der Waals surface area contributed by atoms with E-state index >= 15 is 0 Å². The molecular formula is C20H30NO9+. The molecule has 30 heavy (non-hydrogen) atoms. The lowest BCUT2D eigenvalue weighted by Gasteiger charge is -2.39.